The summed E-state index contributed by atoms with van der Waals surface area (Å²) in [7, 11) is 0. The van der Waals surface area contributed by atoms with Gasteiger partial charge in [-0.05, 0) is 18.5 Å². The first-order chi connectivity index (χ1) is 6.56. The van der Waals surface area contributed by atoms with Crippen molar-refractivity contribution in [2.45, 2.75) is 6.92 Å². The first kappa shape index (κ1) is 11.0. The van der Waals surface area contributed by atoms with Crippen LogP contribution in [0.15, 0.2) is 0 Å². The molecule has 0 spiro atoms. The molecule has 0 aliphatic carbocycles. The number of aromatic carboxylic acids is 1. The van der Waals surface area contributed by atoms with Gasteiger partial charge in [0.15, 0.2) is 16.6 Å². The highest BCUT2D eigenvalue weighted by atomic mass is 35.5. The zero-order valence-corrected chi connectivity index (χ0v) is 8.63. The summed E-state index contributed by atoms with van der Waals surface area (Å²) in [5.74, 6) is -1.33. The maximum Gasteiger partial charge on any atom is 0.358 e. The number of aromatic nitrogens is 2. The monoisotopic (exact) mass is 236 g/mol. The fraction of sp³-hybridized carbons (Fsp3) is 0.286. The van der Waals surface area contributed by atoms with E-state index in [-0.39, 0.29) is 28.5 Å². The van der Waals surface area contributed by atoms with Crippen molar-refractivity contribution in [2.75, 3.05) is 6.61 Å². The van der Waals surface area contributed by atoms with E-state index in [9.17, 15) is 4.79 Å². The molecule has 14 heavy (non-hydrogen) atoms. The van der Waals surface area contributed by atoms with E-state index in [1.54, 1.807) is 6.92 Å². The van der Waals surface area contributed by atoms with Crippen LogP contribution in [0, 0.1) is 0 Å². The van der Waals surface area contributed by atoms with Crippen LogP contribution in [0.2, 0.25) is 10.4 Å². The standard InChI is InChI=1S/C7H6Cl2N2O3/c1-2-14-4-3(6(12)13)10-7(9)11-5(4)8/h2H2,1H3,(H,12,13). The highest BCUT2D eigenvalue weighted by Crippen LogP contribution is 2.26. The lowest BCUT2D eigenvalue weighted by molar-refractivity contribution is 0.0685. The van der Waals surface area contributed by atoms with Crippen LogP contribution in [0.5, 0.6) is 5.75 Å². The summed E-state index contributed by atoms with van der Waals surface area (Å²) in [5, 5.41) is 8.42. The van der Waals surface area contributed by atoms with E-state index in [0.717, 1.165) is 0 Å². The molecule has 5 nitrogen and oxygen atoms in total. The fourth-order valence-electron chi connectivity index (χ4n) is 0.815. The minimum Gasteiger partial charge on any atom is -0.488 e. The highest BCUT2D eigenvalue weighted by molar-refractivity contribution is 6.33. The third kappa shape index (κ3) is 2.24. The fourth-order valence-corrected chi connectivity index (χ4v) is 1.25. The smallest absolute Gasteiger partial charge is 0.358 e. The van der Waals surface area contributed by atoms with E-state index in [2.05, 4.69) is 9.97 Å². The minimum absolute atomic E-state index is 0.0638. The first-order valence-electron chi connectivity index (χ1n) is 3.65. The molecule has 0 atom stereocenters. The number of carboxylic acids is 1. The average Bonchev–Trinajstić information content (AvgIpc) is 2.09. The predicted molar refractivity (Wildman–Crippen MR) is 50.2 cm³/mol. The van der Waals surface area contributed by atoms with Crippen LogP contribution < -0.4 is 4.74 Å². The number of hydrogen-bond donors (Lipinski definition) is 1. The van der Waals surface area contributed by atoms with Gasteiger partial charge in [-0.1, -0.05) is 11.6 Å². The van der Waals surface area contributed by atoms with Crippen molar-refractivity contribution in [3.63, 3.8) is 0 Å². The van der Waals surface area contributed by atoms with E-state index in [1.165, 1.54) is 0 Å². The van der Waals surface area contributed by atoms with Gasteiger partial charge in [0, 0.05) is 0 Å². The molecule has 0 amide bonds. The number of nitrogens with zero attached hydrogens (tertiary/aromatic N) is 2. The molecule has 0 fully saturated rings. The van der Waals surface area contributed by atoms with Crippen LogP contribution in [0.3, 0.4) is 0 Å². The molecule has 7 heteroatoms. The van der Waals surface area contributed by atoms with Crippen LogP contribution in [0.1, 0.15) is 17.4 Å². The van der Waals surface area contributed by atoms with Gasteiger partial charge in [0.1, 0.15) is 0 Å². The Kier molecular flexibility index (Phi) is 3.49. The Morgan fingerprint density at radius 1 is 1.50 bits per heavy atom. The van der Waals surface area contributed by atoms with Gasteiger partial charge in [0.2, 0.25) is 5.28 Å². The number of hydrogen-bond acceptors (Lipinski definition) is 4. The molecule has 0 aliphatic heterocycles. The van der Waals surface area contributed by atoms with Crippen LogP contribution in [0.25, 0.3) is 0 Å². The molecule has 1 aromatic heterocycles. The molecule has 0 aromatic carbocycles. The van der Waals surface area contributed by atoms with E-state index in [1.807, 2.05) is 0 Å². The number of rotatable bonds is 3. The van der Waals surface area contributed by atoms with Gasteiger partial charge in [-0.25, -0.2) is 14.8 Å². The highest BCUT2D eigenvalue weighted by Gasteiger charge is 2.19. The van der Waals surface area contributed by atoms with Gasteiger partial charge in [0.05, 0.1) is 6.61 Å². The Labute approximate surface area is 89.6 Å². The second-order valence-corrected chi connectivity index (χ2v) is 2.90. The summed E-state index contributed by atoms with van der Waals surface area (Å²) in [4.78, 5) is 17.8. The molecule has 1 aromatic rings. The number of halogens is 2. The van der Waals surface area contributed by atoms with Gasteiger partial charge in [-0.2, -0.15) is 0 Å². The van der Waals surface area contributed by atoms with Crippen molar-refractivity contribution in [2.24, 2.45) is 0 Å². The number of carbonyl (C=O) groups is 1. The van der Waals surface area contributed by atoms with Gasteiger partial charge < -0.3 is 9.84 Å². The zero-order chi connectivity index (χ0) is 10.7. The summed E-state index contributed by atoms with van der Waals surface area (Å²) < 4.78 is 4.99. The molecule has 0 unspecified atom stereocenters. The van der Waals surface area contributed by atoms with Gasteiger partial charge in [0.25, 0.3) is 0 Å². The lowest BCUT2D eigenvalue weighted by Crippen LogP contribution is -2.07. The summed E-state index contributed by atoms with van der Waals surface area (Å²) in [6.07, 6.45) is 0. The van der Waals surface area contributed by atoms with E-state index in [4.69, 9.17) is 33.0 Å². The Hall–Kier alpha value is -1.07. The molecule has 0 bridgehead atoms. The Morgan fingerprint density at radius 2 is 2.14 bits per heavy atom. The third-order valence-electron chi connectivity index (χ3n) is 1.29. The topological polar surface area (TPSA) is 72.3 Å². The molecule has 1 heterocycles. The van der Waals surface area contributed by atoms with Crippen LogP contribution in [-0.2, 0) is 0 Å². The summed E-state index contributed by atoms with van der Waals surface area (Å²) in [5.41, 5.74) is -0.336. The van der Waals surface area contributed by atoms with Gasteiger partial charge in [-0.3, -0.25) is 0 Å². The Morgan fingerprint density at radius 3 is 2.64 bits per heavy atom. The van der Waals surface area contributed by atoms with Crippen LogP contribution >= 0.6 is 23.2 Å². The lowest BCUT2D eigenvalue weighted by Gasteiger charge is -2.07. The third-order valence-corrected chi connectivity index (χ3v) is 1.71. The molecule has 1 rings (SSSR count). The first-order valence-corrected chi connectivity index (χ1v) is 4.41. The lowest BCUT2D eigenvalue weighted by atomic mass is 10.4. The second-order valence-electron chi connectivity index (χ2n) is 2.20. The maximum atomic E-state index is 10.7. The van der Waals surface area contributed by atoms with E-state index in [0.29, 0.717) is 0 Å². The molecule has 0 radical (unpaired) electrons. The molecular weight excluding hydrogens is 231 g/mol. The summed E-state index contributed by atoms with van der Waals surface area (Å²) >= 11 is 11.1. The van der Waals surface area contributed by atoms with E-state index < -0.39 is 5.97 Å². The van der Waals surface area contributed by atoms with Crippen molar-refractivity contribution in [1.82, 2.24) is 9.97 Å². The second kappa shape index (κ2) is 4.43. The molecule has 0 saturated carbocycles. The number of carboxylic acid groups (broad SMARTS) is 1. The van der Waals surface area contributed by atoms with Crippen molar-refractivity contribution in [1.29, 1.82) is 0 Å². The quantitative estimate of drug-likeness (QED) is 0.641. The van der Waals surface area contributed by atoms with E-state index >= 15 is 0 Å². The van der Waals surface area contributed by atoms with Crippen LogP contribution in [-0.4, -0.2) is 27.7 Å². The normalized spacial score (nSPS) is 9.93. The largest absolute Gasteiger partial charge is 0.488 e. The Balaban J connectivity index is 3.28. The van der Waals surface area contributed by atoms with Crippen molar-refractivity contribution < 1.29 is 14.6 Å². The SMILES string of the molecule is CCOc1c(Cl)nc(Cl)nc1C(=O)O. The minimum atomic E-state index is -1.26. The Bertz CT molecular complexity index is 370. The molecule has 76 valence electrons. The van der Waals surface area contributed by atoms with Gasteiger partial charge >= 0.3 is 5.97 Å². The van der Waals surface area contributed by atoms with Crippen molar-refractivity contribution in [3.8, 4) is 5.75 Å². The van der Waals surface area contributed by atoms with Crippen LogP contribution in [0.4, 0.5) is 0 Å². The summed E-state index contributed by atoms with van der Waals surface area (Å²) in [6, 6.07) is 0. The number of ether oxygens (including phenoxy) is 1. The molecule has 0 saturated heterocycles. The zero-order valence-electron chi connectivity index (χ0n) is 7.12. The molecule has 1 N–H and O–H groups in total. The van der Waals surface area contributed by atoms with Crippen molar-refractivity contribution >= 4 is 29.2 Å². The molecular formula is C7H6Cl2N2O3. The van der Waals surface area contributed by atoms with Gasteiger partial charge in [-0.15, -0.1) is 0 Å². The summed E-state index contributed by atoms with van der Waals surface area (Å²) in [6.45, 7) is 1.96. The maximum absolute atomic E-state index is 10.7. The molecule has 0 aliphatic rings. The van der Waals surface area contributed by atoms with Crippen molar-refractivity contribution in [3.05, 3.63) is 16.1 Å². The predicted octanol–water partition coefficient (Wildman–Crippen LogP) is 1.88. The average molecular weight is 237 g/mol.